The predicted octanol–water partition coefficient (Wildman–Crippen LogP) is -276. The first kappa shape index (κ1) is 2220. The minimum absolute atomic E-state index is 0. The van der Waals surface area contributed by atoms with Crippen LogP contribution in [-0.2, 0) is 89.5 Å². The van der Waals surface area contributed by atoms with Crippen molar-refractivity contribution < 1.29 is 1230 Å². The molecule has 0 aliphatic carbocycles. The van der Waals surface area contributed by atoms with Gasteiger partial charge in [-0.1, -0.05) is 0 Å². The van der Waals surface area contributed by atoms with Crippen LogP contribution >= 0.6 is 0 Å². The fourth-order valence-corrected chi connectivity index (χ4v) is 0. The molecule has 0 fully saturated rings. The van der Waals surface area contributed by atoms with E-state index < -0.39 is 0 Å². The van der Waals surface area contributed by atoms with Gasteiger partial charge in [0.2, 0.25) is 0 Å². The average Bonchev–Trinajstić information content (AvgIpc) is 0. The number of hydrogen-bond acceptors (Lipinski definition) is 0. The second-order valence-corrected chi connectivity index (χ2v) is 0. The molecule has 0 aliphatic rings. The SMILES string of the molecule is [Au+3].[Au+3].[Au+3].[Au+3].[Cl-].[Cl-].[Cl-].[Cl-].[Cl-].[Cl-].[Cl-].[Cl-].[Cl-].[Cl-].[Cl-].[Cl-].[Cl-].[Cl-].[Cl-].[Cl-].[Cl-].[Cl-].[Cl-].[Cl-].[Cl-].[Cl-].[Cl-].[Cl-].[Cl-].[Cl-].[Cl-].[Cl-].[Cl-].[Cl-].[Cl-].[Cl-].[Cl-].[Cl-].[Cl-].[Cl-].[Cl-].[Cl-].[Cl-].[Cl-].[Cl-].[Cl-].[Cl-].[Cl-].[Cl-].[Cl-].[Cl-].[Cl-].[Cl-].[Cl-].[Cl-].[Cl-].[Cl-].[Cl-].[Cl-].[Cl-].[Cl-].[Cl-].[Cl-].[Cl-].[Cl-].[Cl-].[Cl-].[Cl-].[Cl-].[Cl-].[Cl-].[Cl-].[Cl-].[Cl-].[Cl-].[Cl-].[Cl-].[Cl-].[Cl-].[Cl-].[Cl-].[Cl-].[Cl-].[Cl-].[Cl-].[Cl-].[Cl-].[Cl-].[Cl-].[Cl-].[Cl-].[Cl-].[Cl-].[Cl-].[Cl-].[Cl-]. The fourth-order valence-electron chi connectivity index (χ4n) is 0. The van der Waals surface area contributed by atoms with Gasteiger partial charge in [0, 0.05) is 0 Å². The molecule has 0 saturated carbocycles. The van der Waals surface area contributed by atoms with Crippen molar-refractivity contribution in [2.24, 2.45) is 0 Å². The summed E-state index contributed by atoms with van der Waals surface area (Å²) in [6, 6.07) is 0. The molecule has 0 atom stereocenters. The molecule has 0 saturated heterocycles. The number of halogens is 92. The summed E-state index contributed by atoms with van der Waals surface area (Å²) in [6.45, 7) is 0. The van der Waals surface area contributed by atoms with Gasteiger partial charge in [0.1, 0.15) is 0 Å². The van der Waals surface area contributed by atoms with Gasteiger partial charge >= 0.3 is 89.5 Å². The first-order valence-corrected chi connectivity index (χ1v) is 0. The number of hydrogen-bond donors (Lipinski definition) is 0. The Labute approximate surface area is 1210 Å². The zero-order valence-electron chi connectivity index (χ0n) is 36.0. The van der Waals surface area contributed by atoms with Gasteiger partial charge in [0.25, 0.3) is 0 Å². The van der Waals surface area contributed by atoms with Gasteiger partial charge < -0.3 is 1140 Å². The van der Waals surface area contributed by atoms with E-state index in [4.69, 9.17) is 0 Å². The van der Waals surface area contributed by atoms with Crippen LogP contribution in [0.5, 0.6) is 0 Å². The topological polar surface area (TPSA) is 0 Å². The van der Waals surface area contributed by atoms with Gasteiger partial charge in [-0.25, -0.2) is 0 Å². The molecule has 96 heteroatoms. The van der Waals surface area contributed by atoms with Crippen LogP contribution in [0.1, 0.15) is 0 Å². The normalized spacial score (nSPS) is 0. The van der Waals surface area contributed by atoms with E-state index in [2.05, 4.69) is 0 Å². The summed E-state index contributed by atoms with van der Waals surface area (Å²) in [5.74, 6) is 0. The van der Waals surface area contributed by atoms with Crippen molar-refractivity contribution in [1.82, 2.24) is 0 Å². The summed E-state index contributed by atoms with van der Waals surface area (Å²) < 4.78 is 0. The van der Waals surface area contributed by atoms with Crippen molar-refractivity contribution in [3.63, 3.8) is 0 Å². The monoisotopic (exact) mass is 4010 g/mol. The van der Waals surface area contributed by atoms with Gasteiger partial charge in [-0.3, -0.25) is 0 Å². The Morgan fingerprint density at radius 2 is 0.0208 bits per heavy atom. The summed E-state index contributed by atoms with van der Waals surface area (Å²) in [7, 11) is 0. The number of rotatable bonds is 0. The standard InChI is InChI=1S/4Au.92ClH/h;;;;92*1H/q4*+3;;;;;;;;;;;;;;;;;;;;;;;;;;;;;;;;;;;;;;;;;;;;;;;;;;;;;;;;;;;;;;;;;;;;;;;;;;;;;;;;;;;;;;;;;;;;/p-92. The van der Waals surface area contributed by atoms with Crippen LogP contribution in [0.4, 0.5) is 0 Å². The van der Waals surface area contributed by atoms with Crippen molar-refractivity contribution in [2.75, 3.05) is 0 Å². The molecule has 0 aromatic carbocycles. The summed E-state index contributed by atoms with van der Waals surface area (Å²) in [5, 5.41) is 0. The van der Waals surface area contributed by atoms with E-state index in [0.29, 0.717) is 0 Å². The quantitative estimate of drug-likeness (QED) is 0.212. The van der Waals surface area contributed by atoms with Crippen molar-refractivity contribution >= 4 is 0 Å². The van der Waals surface area contributed by atoms with Gasteiger partial charge in [-0.15, -0.1) is 0 Å². The van der Waals surface area contributed by atoms with E-state index in [1.807, 2.05) is 0 Å². The minimum atomic E-state index is 0. The zero-order valence-corrected chi connectivity index (χ0v) is 114. The second kappa shape index (κ2) is 2170. The van der Waals surface area contributed by atoms with Crippen molar-refractivity contribution in [2.45, 2.75) is 0 Å². The molecule has 0 aromatic heterocycles. The van der Waals surface area contributed by atoms with E-state index in [0.717, 1.165) is 0 Å². The maximum Gasteiger partial charge on any atom is 3.00 e. The molecule has 0 bridgehead atoms. The van der Waals surface area contributed by atoms with Gasteiger partial charge in [-0.2, -0.15) is 0 Å². The molecule has 96 heavy (non-hydrogen) atoms. The third-order valence-corrected chi connectivity index (χ3v) is 0. The molecular weight excluding hydrogens is 4050 g/mol. The molecule has 768 valence electrons. The minimum Gasteiger partial charge on any atom is -1.00 e. The van der Waals surface area contributed by atoms with Crippen LogP contribution in [0.15, 0.2) is 0 Å². The van der Waals surface area contributed by atoms with Crippen LogP contribution in [0.3, 0.4) is 0 Å². The van der Waals surface area contributed by atoms with E-state index in [9.17, 15) is 0 Å². The van der Waals surface area contributed by atoms with Gasteiger partial charge in [-0.05, 0) is 0 Å². The molecule has 0 N–H and O–H groups in total. The largest absolute Gasteiger partial charge is 3.00 e. The molecule has 0 aromatic rings. The molecule has 0 aliphatic heterocycles. The Morgan fingerprint density at radius 3 is 0.0208 bits per heavy atom. The van der Waals surface area contributed by atoms with Crippen LogP contribution in [-0.4, -0.2) is 0 Å². The average molecular weight is 4050 g/mol. The first-order chi connectivity index (χ1) is 0. The molecular formula is Au4Cl92-80. The third kappa shape index (κ3) is 2120. The van der Waals surface area contributed by atoms with E-state index in [-0.39, 0.29) is 1230 Å². The fraction of sp³-hybridized carbons (Fsp3) is 0. The summed E-state index contributed by atoms with van der Waals surface area (Å²) >= 11 is 0. The Hall–Kier alpha value is 29.6. The van der Waals surface area contributed by atoms with Crippen LogP contribution < -0.4 is 1140 Å². The summed E-state index contributed by atoms with van der Waals surface area (Å²) in [6.07, 6.45) is 0. The van der Waals surface area contributed by atoms with Crippen molar-refractivity contribution in [3.05, 3.63) is 0 Å². The summed E-state index contributed by atoms with van der Waals surface area (Å²) in [4.78, 5) is 0. The molecule has 0 nitrogen and oxygen atoms in total. The Kier molecular flexibility index (Phi) is 50200. The van der Waals surface area contributed by atoms with E-state index in [1.165, 1.54) is 0 Å². The van der Waals surface area contributed by atoms with Gasteiger partial charge in [0.15, 0.2) is 0 Å². The van der Waals surface area contributed by atoms with Crippen LogP contribution in [0.2, 0.25) is 0 Å². The van der Waals surface area contributed by atoms with Crippen molar-refractivity contribution in [1.29, 1.82) is 0 Å². The Balaban J connectivity index is 0. The van der Waals surface area contributed by atoms with Gasteiger partial charge in [0.05, 0.1) is 0 Å². The Morgan fingerprint density at radius 1 is 0.0208 bits per heavy atom. The Bertz CT molecular complexity index is 24.0. The second-order valence-electron chi connectivity index (χ2n) is 0. The predicted molar refractivity (Wildman–Crippen MR) is 0 cm³/mol. The maximum absolute atomic E-state index is 0. The summed E-state index contributed by atoms with van der Waals surface area (Å²) in [5.41, 5.74) is 0. The third-order valence-electron chi connectivity index (χ3n) is 0. The zero-order chi connectivity index (χ0) is 0. The molecule has 0 spiro atoms. The molecule has 0 amide bonds. The molecule has 0 unspecified atom stereocenters. The smallest absolute Gasteiger partial charge is 1.00 e. The van der Waals surface area contributed by atoms with Crippen LogP contribution in [0.25, 0.3) is 0 Å². The van der Waals surface area contributed by atoms with E-state index in [1.54, 1.807) is 0 Å². The van der Waals surface area contributed by atoms with Crippen LogP contribution in [0, 0.1) is 0 Å². The first-order valence-electron chi connectivity index (χ1n) is 0. The van der Waals surface area contributed by atoms with Crippen molar-refractivity contribution in [3.8, 4) is 0 Å². The molecule has 0 heterocycles. The molecule has 0 rings (SSSR count). The molecule has 0 radical (unpaired) electrons. The maximum atomic E-state index is 0. The van der Waals surface area contributed by atoms with E-state index >= 15 is 0 Å².